The molecule has 1 amide bonds. The van der Waals surface area contributed by atoms with Crippen molar-refractivity contribution in [3.63, 3.8) is 0 Å². The third-order valence-corrected chi connectivity index (χ3v) is 5.72. The van der Waals surface area contributed by atoms with E-state index < -0.39 is 0 Å². The van der Waals surface area contributed by atoms with Gasteiger partial charge in [-0.3, -0.25) is 4.79 Å². The van der Waals surface area contributed by atoms with E-state index in [1.165, 1.54) is 25.7 Å². The molecular formula is C17H24N2O3. The lowest BCUT2D eigenvalue weighted by Gasteiger charge is -2.50. The van der Waals surface area contributed by atoms with Gasteiger partial charge in [-0.15, -0.1) is 0 Å². The number of hydrogen-bond donors (Lipinski definition) is 1. The molecule has 3 aliphatic rings. The summed E-state index contributed by atoms with van der Waals surface area (Å²) in [6.07, 6.45) is 7.01. The molecule has 22 heavy (non-hydrogen) atoms. The van der Waals surface area contributed by atoms with Crippen molar-refractivity contribution in [2.45, 2.75) is 57.6 Å². The van der Waals surface area contributed by atoms with E-state index in [0.29, 0.717) is 29.7 Å². The molecule has 2 heterocycles. The topological polar surface area (TPSA) is 64.4 Å². The van der Waals surface area contributed by atoms with Crippen LogP contribution in [0.4, 0.5) is 0 Å². The molecule has 1 aromatic heterocycles. The van der Waals surface area contributed by atoms with Crippen LogP contribution in [0.3, 0.4) is 0 Å². The highest BCUT2D eigenvalue weighted by Gasteiger charge is 2.56. The van der Waals surface area contributed by atoms with Gasteiger partial charge in [0.15, 0.2) is 0 Å². The van der Waals surface area contributed by atoms with Gasteiger partial charge in [0.1, 0.15) is 5.76 Å². The molecular weight excluding hydrogens is 280 g/mol. The summed E-state index contributed by atoms with van der Waals surface area (Å²) in [6, 6.07) is 2.13. The van der Waals surface area contributed by atoms with Gasteiger partial charge in [0.05, 0.1) is 18.2 Å². The second-order valence-electron chi connectivity index (χ2n) is 7.11. The van der Waals surface area contributed by atoms with Crippen molar-refractivity contribution >= 4 is 5.91 Å². The zero-order valence-corrected chi connectivity index (χ0v) is 13.1. The summed E-state index contributed by atoms with van der Waals surface area (Å²) in [5.41, 5.74) is 0.819. The second-order valence-corrected chi connectivity index (χ2v) is 7.11. The molecule has 0 unspecified atom stereocenters. The number of carbonyl (C=O) groups excluding carboxylic acids is 1. The number of aromatic nitrogens is 1. The van der Waals surface area contributed by atoms with Crippen LogP contribution in [-0.2, 0) is 16.0 Å². The van der Waals surface area contributed by atoms with Gasteiger partial charge in [-0.05, 0) is 19.3 Å². The fourth-order valence-corrected chi connectivity index (χ4v) is 4.75. The van der Waals surface area contributed by atoms with Gasteiger partial charge in [-0.2, -0.15) is 0 Å². The summed E-state index contributed by atoms with van der Waals surface area (Å²) in [5, 5.41) is 7.10. The molecule has 4 rings (SSSR count). The highest BCUT2D eigenvalue weighted by atomic mass is 16.5. The van der Waals surface area contributed by atoms with Crippen molar-refractivity contribution < 1.29 is 14.1 Å². The predicted octanol–water partition coefficient (Wildman–Crippen LogP) is 2.24. The fourth-order valence-electron chi connectivity index (χ4n) is 4.75. The average molecular weight is 304 g/mol. The van der Waals surface area contributed by atoms with Crippen LogP contribution in [-0.4, -0.2) is 29.8 Å². The number of fused-ring (bicyclic) bond motifs is 1. The van der Waals surface area contributed by atoms with Crippen LogP contribution in [0.2, 0.25) is 0 Å². The van der Waals surface area contributed by atoms with E-state index in [2.05, 4.69) is 10.5 Å². The van der Waals surface area contributed by atoms with E-state index in [4.69, 9.17) is 9.26 Å². The van der Waals surface area contributed by atoms with Crippen molar-refractivity contribution in [3.05, 3.63) is 17.5 Å². The second kappa shape index (κ2) is 5.69. The number of carbonyl (C=O) groups is 1. The molecule has 1 aliphatic heterocycles. The summed E-state index contributed by atoms with van der Waals surface area (Å²) in [5.74, 6) is 2.47. The van der Waals surface area contributed by atoms with Crippen LogP contribution in [0.5, 0.6) is 0 Å². The van der Waals surface area contributed by atoms with Crippen molar-refractivity contribution in [1.29, 1.82) is 0 Å². The highest BCUT2D eigenvalue weighted by molar-refractivity contribution is 5.78. The summed E-state index contributed by atoms with van der Waals surface area (Å²) in [6.45, 7) is 2.72. The maximum Gasteiger partial charge on any atom is 0.227 e. The summed E-state index contributed by atoms with van der Waals surface area (Å²) >= 11 is 0. The van der Waals surface area contributed by atoms with Gasteiger partial charge in [0.25, 0.3) is 0 Å². The number of nitrogens with zero attached hydrogens (tertiary/aromatic N) is 1. The zero-order chi connectivity index (χ0) is 15.1. The lowest BCUT2D eigenvalue weighted by molar-refractivity contribution is -0.129. The maximum atomic E-state index is 12.3. The fraction of sp³-hybridized carbons (Fsp3) is 0.765. The minimum atomic E-state index is 0.0505. The first kappa shape index (κ1) is 14.2. The smallest absolute Gasteiger partial charge is 0.227 e. The minimum Gasteiger partial charge on any atom is -0.377 e. The van der Waals surface area contributed by atoms with Crippen molar-refractivity contribution in [1.82, 2.24) is 10.5 Å². The van der Waals surface area contributed by atoms with E-state index in [1.54, 1.807) is 0 Å². The first-order chi connectivity index (χ1) is 10.7. The van der Waals surface area contributed by atoms with Crippen LogP contribution in [0.25, 0.3) is 0 Å². The number of amides is 1. The molecule has 1 N–H and O–H groups in total. The van der Waals surface area contributed by atoms with E-state index >= 15 is 0 Å². The Hall–Kier alpha value is -1.36. The number of ether oxygens (including phenoxy) is 1. The number of aryl methyl sites for hydroxylation is 1. The van der Waals surface area contributed by atoms with Crippen molar-refractivity contribution in [2.24, 2.45) is 17.8 Å². The molecule has 0 aromatic carbocycles. The molecule has 2 saturated carbocycles. The lowest BCUT2D eigenvalue weighted by atomic mass is 9.61. The Balaban J connectivity index is 1.40. The van der Waals surface area contributed by atoms with Crippen LogP contribution >= 0.6 is 0 Å². The number of nitrogens with one attached hydrogen (secondary N) is 1. The summed E-state index contributed by atoms with van der Waals surface area (Å²) in [4.78, 5) is 12.3. The van der Waals surface area contributed by atoms with Gasteiger partial charge < -0.3 is 14.6 Å². The van der Waals surface area contributed by atoms with Gasteiger partial charge >= 0.3 is 0 Å². The summed E-state index contributed by atoms with van der Waals surface area (Å²) < 4.78 is 11.1. The number of hydrogen-bond acceptors (Lipinski definition) is 4. The van der Waals surface area contributed by atoms with Crippen molar-refractivity contribution in [3.8, 4) is 0 Å². The monoisotopic (exact) mass is 304 g/mol. The average Bonchev–Trinajstić information content (AvgIpc) is 3.19. The van der Waals surface area contributed by atoms with E-state index in [-0.39, 0.29) is 12.3 Å². The van der Waals surface area contributed by atoms with Gasteiger partial charge in [0, 0.05) is 30.6 Å². The lowest BCUT2D eigenvalue weighted by Crippen LogP contribution is -2.63. The Morgan fingerprint density at radius 2 is 2.18 bits per heavy atom. The van der Waals surface area contributed by atoms with Crippen LogP contribution < -0.4 is 5.32 Å². The normalized spacial score (nSPS) is 34.4. The third-order valence-electron chi connectivity index (χ3n) is 5.72. The Morgan fingerprint density at radius 3 is 2.91 bits per heavy atom. The molecule has 120 valence electrons. The molecule has 5 heteroatoms. The Morgan fingerprint density at radius 1 is 1.36 bits per heavy atom. The van der Waals surface area contributed by atoms with Crippen molar-refractivity contribution in [2.75, 3.05) is 6.61 Å². The molecule has 5 nitrogen and oxygen atoms in total. The van der Waals surface area contributed by atoms with Gasteiger partial charge in [-0.25, -0.2) is 0 Å². The quantitative estimate of drug-likeness (QED) is 0.926. The zero-order valence-electron chi connectivity index (χ0n) is 13.1. The Labute approximate surface area is 130 Å². The Kier molecular flexibility index (Phi) is 3.68. The highest BCUT2D eigenvalue weighted by Crippen LogP contribution is 2.51. The molecule has 0 bridgehead atoms. The SMILES string of the molecule is Cc1cc(CC(=O)N[C@@H]2[C@H]3CCO[C@H]3[C@H]2C2CCCC2)on1. The predicted molar refractivity (Wildman–Crippen MR) is 80.2 cm³/mol. The maximum absolute atomic E-state index is 12.3. The molecule has 0 radical (unpaired) electrons. The molecule has 4 atom stereocenters. The van der Waals surface area contributed by atoms with Crippen LogP contribution in [0.15, 0.2) is 10.6 Å². The van der Waals surface area contributed by atoms with Gasteiger partial charge in [-0.1, -0.05) is 30.8 Å². The van der Waals surface area contributed by atoms with Crippen LogP contribution in [0, 0.1) is 24.7 Å². The molecule has 3 fully saturated rings. The summed E-state index contributed by atoms with van der Waals surface area (Å²) in [7, 11) is 0. The van der Waals surface area contributed by atoms with E-state index in [1.807, 2.05) is 13.0 Å². The van der Waals surface area contributed by atoms with E-state index in [9.17, 15) is 4.79 Å². The third kappa shape index (κ3) is 2.45. The van der Waals surface area contributed by atoms with Crippen LogP contribution in [0.1, 0.15) is 43.6 Å². The first-order valence-corrected chi connectivity index (χ1v) is 8.55. The molecule has 2 aliphatic carbocycles. The molecule has 0 spiro atoms. The van der Waals surface area contributed by atoms with Gasteiger partial charge in [0.2, 0.25) is 5.91 Å². The Bertz CT molecular complexity index is 545. The minimum absolute atomic E-state index is 0.0505. The molecule has 1 saturated heterocycles. The van der Waals surface area contributed by atoms with E-state index in [0.717, 1.165) is 24.6 Å². The standard InChI is InChI=1S/C17H24N2O3/c1-10-8-12(22-19-10)9-14(20)18-16-13-6-7-21-17(13)15(16)11-4-2-3-5-11/h8,11,13,15-17H,2-7,9H2,1H3,(H,18,20)/t13-,15+,16-,17-/m1/s1. The first-order valence-electron chi connectivity index (χ1n) is 8.55. The molecule has 1 aromatic rings. The largest absolute Gasteiger partial charge is 0.377 e. The number of rotatable bonds is 4.